The van der Waals surface area contributed by atoms with Crippen LogP contribution in [0.5, 0.6) is 0 Å². The molecule has 2 amide bonds. The standard InChI is InChI=1S/C15H22N6O2S/c1-10-18-21-9-12(17-15(21)24-10)7-16-14(23)11-6-13(22)20(8-11)5-4-19(2)3/h9,11H,4-8H2,1-3H3,(H,16,23). The molecular formula is C15H22N6O2S. The molecule has 1 atom stereocenters. The molecular weight excluding hydrogens is 328 g/mol. The van der Waals surface area contributed by atoms with Gasteiger partial charge in [0.25, 0.3) is 0 Å². The quantitative estimate of drug-likeness (QED) is 0.800. The number of fused-ring (bicyclic) bond motifs is 1. The maximum Gasteiger partial charge on any atom is 0.225 e. The number of amides is 2. The van der Waals surface area contributed by atoms with E-state index in [9.17, 15) is 9.59 Å². The minimum absolute atomic E-state index is 0.0548. The summed E-state index contributed by atoms with van der Waals surface area (Å²) >= 11 is 1.51. The number of nitrogens with zero attached hydrogens (tertiary/aromatic N) is 5. The zero-order chi connectivity index (χ0) is 17.3. The van der Waals surface area contributed by atoms with Crippen LogP contribution in [0.2, 0.25) is 0 Å². The number of nitrogens with one attached hydrogen (secondary N) is 1. The third-order valence-corrected chi connectivity index (χ3v) is 4.88. The van der Waals surface area contributed by atoms with E-state index in [1.165, 1.54) is 11.3 Å². The molecule has 130 valence electrons. The first-order valence-electron chi connectivity index (χ1n) is 7.94. The zero-order valence-electron chi connectivity index (χ0n) is 14.2. The molecule has 1 saturated heterocycles. The van der Waals surface area contributed by atoms with Crippen molar-refractivity contribution in [2.45, 2.75) is 19.9 Å². The smallest absolute Gasteiger partial charge is 0.225 e. The first-order valence-corrected chi connectivity index (χ1v) is 8.76. The van der Waals surface area contributed by atoms with Gasteiger partial charge in [-0.1, -0.05) is 11.3 Å². The molecule has 3 rings (SSSR count). The Labute approximate surface area is 144 Å². The number of carbonyl (C=O) groups excluding carboxylic acids is 2. The van der Waals surface area contributed by atoms with Crippen molar-refractivity contribution in [2.75, 3.05) is 33.7 Å². The van der Waals surface area contributed by atoms with Gasteiger partial charge in [-0.2, -0.15) is 5.10 Å². The van der Waals surface area contributed by atoms with E-state index in [1.807, 2.05) is 32.1 Å². The lowest BCUT2D eigenvalue weighted by molar-refractivity contribution is -0.129. The van der Waals surface area contributed by atoms with E-state index in [-0.39, 0.29) is 24.2 Å². The Hall–Kier alpha value is -2.00. The van der Waals surface area contributed by atoms with Crippen molar-refractivity contribution < 1.29 is 9.59 Å². The highest BCUT2D eigenvalue weighted by molar-refractivity contribution is 7.16. The van der Waals surface area contributed by atoms with E-state index in [0.29, 0.717) is 19.6 Å². The molecule has 0 bridgehead atoms. The Morgan fingerprint density at radius 1 is 1.50 bits per heavy atom. The van der Waals surface area contributed by atoms with Crippen LogP contribution in [0.3, 0.4) is 0 Å². The van der Waals surface area contributed by atoms with Crippen LogP contribution in [0.25, 0.3) is 4.96 Å². The summed E-state index contributed by atoms with van der Waals surface area (Å²) in [6, 6.07) is 0. The van der Waals surface area contributed by atoms with Crippen molar-refractivity contribution >= 4 is 28.1 Å². The highest BCUT2D eigenvalue weighted by Gasteiger charge is 2.33. The van der Waals surface area contributed by atoms with Crippen LogP contribution in [0.4, 0.5) is 0 Å². The summed E-state index contributed by atoms with van der Waals surface area (Å²) in [5.74, 6) is -0.306. The average molecular weight is 350 g/mol. The molecule has 3 heterocycles. The molecule has 24 heavy (non-hydrogen) atoms. The van der Waals surface area contributed by atoms with Gasteiger partial charge in [-0.25, -0.2) is 9.50 Å². The number of carbonyl (C=O) groups is 2. The van der Waals surface area contributed by atoms with E-state index < -0.39 is 0 Å². The van der Waals surface area contributed by atoms with Crippen LogP contribution in [0, 0.1) is 12.8 Å². The number of aryl methyl sites for hydroxylation is 1. The van der Waals surface area contributed by atoms with E-state index in [4.69, 9.17) is 0 Å². The largest absolute Gasteiger partial charge is 0.350 e. The Morgan fingerprint density at radius 3 is 3.00 bits per heavy atom. The molecule has 1 aliphatic heterocycles. The topological polar surface area (TPSA) is 82.8 Å². The highest BCUT2D eigenvalue weighted by atomic mass is 32.1. The molecule has 9 heteroatoms. The summed E-state index contributed by atoms with van der Waals surface area (Å²) in [4.78, 5) is 33.4. The molecule has 1 unspecified atom stereocenters. The van der Waals surface area contributed by atoms with Gasteiger partial charge in [-0.15, -0.1) is 0 Å². The summed E-state index contributed by atoms with van der Waals surface area (Å²) in [5, 5.41) is 8.14. The van der Waals surface area contributed by atoms with Gasteiger partial charge >= 0.3 is 0 Å². The van der Waals surface area contributed by atoms with Crippen molar-refractivity contribution in [1.29, 1.82) is 0 Å². The van der Waals surface area contributed by atoms with E-state index in [0.717, 1.165) is 22.2 Å². The van der Waals surface area contributed by atoms with Crippen molar-refractivity contribution in [1.82, 2.24) is 29.7 Å². The van der Waals surface area contributed by atoms with Crippen LogP contribution >= 0.6 is 11.3 Å². The monoisotopic (exact) mass is 350 g/mol. The van der Waals surface area contributed by atoms with Crippen LogP contribution in [0.15, 0.2) is 6.20 Å². The fraction of sp³-hybridized carbons (Fsp3) is 0.600. The highest BCUT2D eigenvalue weighted by Crippen LogP contribution is 2.18. The second kappa shape index (κ2) is 6.86. The normalized spacial score (nSPS) is 18.1. The molecule has 1 N–H and O–H groups in total. The summed E-state index contributed by atoms with van der Waals surface area (Å²) in [6.07, 6.45) is 2.11. The van der Waals surface area contributed by atoms with Gasteiger partial charge in [0.1, 0.15) is 5.01 Å². The number of hydrogen-bond donors (Lipinski definition) is 1. The molecule has 0 spiro atoms. The first-order chi connectivity index (χ1) is 11.4. The average Bonchev–Trinajstić information content (AvgIpc) is 3.15. The van der Waals surface area contributed by atoms with E-state index >= 15 is 0 Å². The minimum atomic E-state index is -0.274. The number of likely N-dealkylation sites (N-methyl/N-ethyl adjacent to an activating group) is 1. The summed E-state index contributed by atoms with van der Waals surface area (Å²) in [5.41, 5.74) is 0.774. The number of rotatable bonds is 6. The zero-order valence-corrected chi connectivity index (χ0v) is 15.0. The molecule has 1 aliphatic rings. The van der Waals surface area contributed by atoms with Gasteiger partial charge in [0.15, 0.2) is 0 Å². The minimum Gasteiger partial charge on any atom is -0.350 e. The Bertz CT molecular complexity index is 721. The van der Waals surface area contributed by atoms with Gasteiger partial charge in [-0.05, 0) is 21.0 Å². The van der Waals surface area contributed by atoms with Crippen LogP contribution in [-0.4, -0.2) is 69.9 Å². The van der Waals surface area contributed by atoms with E-state index in [1.54, 1.807) is 9.42 Å². The summed E-state index contributed by atoms with van der Waals surface area (Å²) in [6.45, 7) is 4.25. The van der Waals surface area contributed by atoms with Crippen molar-refractivity contribution in [3.8, 4) is 0 Å². The Balaban J connectivity index is 1.51. The third kappa shape index (κ3) is 3.73. The fourth-order valence-electron chi connectivity index (χ4n) is 2.74. The van der Waals surface area contributed by atoms with Gasteiger partial charge in [0, 0.05) is 26.1 Å². The fourth-order valence-corrected chi connectivity index (χ4v) is 3.48. The maximum absolute atomic E-state index is 12.3. The predicted octanol–water partition coefficient (Wildman–Crippen LogP) is 0.126. The number of hydrogen-bond acceptors (Lipinski definition) is 6. The Morgan fingerprint density at radius 2 is 2.29 bits per heavy atom. The second-order valence-electron chi connectivity index (χ2n) is 6.34. The summed E-state index contributed by atoms with van der Waals surface area (Å²) < 4.78 is 1.73. The lowest BCUT2D eigenvalue weighted by atomic mass is 10.1. The molecule has 0 radical (unpaired) electrons. The number of aromatic nitrogens is 3. The first kappa shape index (κ1) is 16.8. The lowest BCUT2D eigenvalue weighted by Gasteiger charge is -2.19. The molecule has 0 aromatic carbocycles. The number of imidazole rings is 1. The lowest BCUT2D eigenvalue weighted by Crippen LogP contribution is -2.35. The van der Waals surface area contributed by atoms with Gasteiger partial charge in [0.2, 0.25) is 16.8 Å². The number of likely N-dealkylation sites (tertiary alicyclic amines) is 1. The third-order valence-electron chi connectivity index (χ3n) is 4.04. The molecule has 8 nitrogen and oxygen atoms in total. The van der Waals surface area contributed by atoms with Crippen molar-refractivity contribution in [2.24, 2.45) is 5.92 Å². The van der Waals surface area contributed by atoms with Gasteiger partial charge < -0.3 is 15.1 Å². The maximum atomic E-state index is 12.3. The predicted molar refractivity (Wildman–Crippen MR) is 90.7 cm³/mol. The van der Waals surface area contributed by atoms with Gasteiger partial charge in [0.05, 0.1) is 24.4 Å². The van der Waals surface area contributed by atoms with Crippen LogP contribution < -0.4 is 5.32 Å². The van der Waals surface area contributed by atoms with Crippen LogP contribution in [0.1, 0.15) is 17.1 Å². The Kier molecular flexibility index (Phi) is 4.81. The second-order valence-corrected chi connectivity index (χ2v) is 7.50. The van der Waals surface area contributed by atoms with Crippen molar-refractivity contribution in [3.63, 3.8) is 0 Å². The molecule has 0 saturated carbocycles. The summed E-state index contributed by atoms with van der Waals surface area (Å²) in [7, 11) is 3.94. The van der Waals surface area contributed by atoms with Crippen LogP contribution in [-0.2, 0) is 16.1 Å². The SMILES string of the molecule is Cc1nn2cc(CNC(=O)C3CC(=O)N(CCN(C)C)C3)nc2s1. The molecule has 2 aromatic heterocycles. The van der Waals surface area contributed by atoms with E-state index in [2.05, 4.69) is 15.4 Å². The molecule has 2 aromatic rings. The molecule has 1 fully saturated rings. The molecule has 0 aliphatic carbocycles. The van der Waals surface area contributed by atoms with Gasteiger partial charge in [-0.3, -0.25) is 9.59 Å². The van der Waals surface area contributed by atoms with Crippen molar-refractivity contribution in [3.05, 3.63) is 16.9 Å².